The molecule has 5 rings (SSSR count). The Bertz CT molecular complexity index is 1130. The van der Waals surface area contributed by atoms with E-state index in [1.807, 2.05) is 6.92 Å². The Hall–Kier alpha value is -2.64. The molecular weight excluding hydrogens is 459 g/mol. The molecule has 3 aliphatic rings. The molecule has 1 N–H and O–H groups in total. The smallest absolute Gasteiger partial charge is 0.257 e. The first-order valence-corrected chi connectivity index (χ1v) is 12.2. The van der Waals surface area contributed by atoms with Gasteiger partial charge in [0.25, 0.3) is 11.8 Å². The largest absolute Gasteiger partial charge is 0.489 e. The van der Waals surface area contributed by atoms with E-state index in [0.717, 1.165) is 43.4 Å². The van der Waals surface area contributed by atoms with Gasteiger partial charge in [-0.25, -0.2) is 4.39 Å². The molecule has 1 aliphatic carbocycles. The summed E-state index contributed by atoms with van der Waals surface area (Å²) in [6.45, 7) is 3.95. The summed E-state index contributed by atoms with van der Waals surface area (Å²) in [5, 5.41) is 3.21. The van der Waals surface area contributed by atoms with E-state index < -0.39 is 5.82 Å². The maximum Gasteiger partial charge on any atom is 0.257 e. The molecule has 34 heavy (non-hydrogen) atoms. The molecule has 1 saturated heterocycles. The van der Waals surface area contributed by atoms with Crippen LogP contribution in [0.25, 0.3) is 0 Å². The van der Waals surface area contributed by atoms with Crippen molar-refractivity contribution in [1.82, 2.24) is 10.2 Å². The van der Waals surface area contributed by atoms with Crippen LogP contribution < -0.4 is 10.1 Å². The van der Waals surface area contributed by atoms with Crippen molar-refractivity contribution < 1.29 is 23.5 Å². The summed E-state index contributed by atoms with van der Waals surface area (Å²) in [5.74, 6) is -0.674. The van der Waals surface area contributed by atoms with E-state index in [9.17, 15) is 14.0 Å². The van der Waals surface area contributed by atoms with Gasteiger partial charge in [0.15, 0.2) is 5.75 Å². The topological polar surface area (TPSA) is 67.9 Å². The molecule has 1 unspecified atom stereocenters. The molecule has 2 aliphatic heterocycles. The molecule has 2 aromatic rings. The van der Waals surface area contributed by atoms with Gasteiger partial charge in [-0.1, -0.05) is 17.7 Å². The molecule has 2 fully saturated rings. The van der Waals surface area contributed by atoms with Crippen LogP contribution in [0.2, 0.25) is 5.02 Å². The van der Waals surface area contributed by atoms with Crippen molar-refractivity contribution in [1.29, 1.82) is 0 Å². The number of ether oxygens (including phenoxy) is 2. The van der Waals surface area contributed by atoms with Crippen molar-refractivity contribution in [3.05, 3.63) is 62.9 Å². The number of carbonyl (C=O) groups excluding carboxylic acids is 2. The van der Waals surface area contributed by atoms with Crippen molar-refractivity contribution in [2.24, 2.45) is 0 Å². The Morgan fingerprint density at radius 1 is 1.24 bits per heavy atom. The Kier molecular flexibility index (Phi) is 6.49. The first-order chi connectivity index (χ1) is 16.4. The molecular formula is C26H28ClFN2O4. The van der Waals surface area contributed by atoms with E-state index in [4.69, 9.17) is 21.1 Å². The highest BCUT2D eigenvalue weighted by Crippen LogP contribution is 2.37. The summed E-state index contributed by atoms with van der Waals surface area (Å²) in [6.07, 6.45) is 4.25. The number of benzene rings is 2. The second-order valence-corrected chi connectivity index (χ2v) is 9.70. The minimum atomic E-state index is -0.559. The lowest BCUT2D eigenvalue weighted by molar-refractivity contribution is 0.0519. The SMILES string of the molecule is Cc1c(Cc2ccc(C(=O)NC3CC3)c(F)c2)cc2c(c1Cl)OCCN(CC1CCCO1)C2=O. The summed E-state index contributed by atoms with van der Waals surface area (Å²) in [4.78, 5) is 27.4. The van der Waals surface area contributed by atoms with Crippen LogP contribution in [0.1, 0.15) is 63.1 Å². The second kappa shape index (κ2) is 9.55. The van der Waals surface area contributed by atoms with Gasteiger partial charge in [-0.3, -0.25) is 9.59 Å². The number of nitrogens with zero attached hydrogens (tertiary/aromatic N) is 1. The third kappa shape index (κ3) is 4.77. The number of hydrogen-bond donors (Lipinski definition) is 1. The maximum absolute atomic E-state index is 14.7. The highest BCUT2D eigenvalue weighted by molar-refractivity contribution is 6.33. The standard InChI is InChI=1S/C26H28ClFN2O4/c1-15-17(11-16-4-7-20(22(28)12-16)25(31)29-18-5-6-18)13-21-24(23(15)27)34-10-8-30(26(21)32)14-19-3-2-9-33-19/h4,7,12-13,18-19H,2-3,5-6,8-11,14H2,1H3,(H,29,31). The van der Waals surface area contributed by atoms with Gasteiger partial charge in [0.2, 0.25) is 0 Å². The molecule has 180 valence electrons. The van der Waals surface area contributed by atoms with Crippen LogP contribution in [0.4, 0.5) is 4.39 Å². The van der Waals surface area contributed by atoms with Gasteiger partial charge < -0.3 is 19.7 Å². The molecule has 0 spiro atoms. The highest BCUT2D eigenvalue weighted by Gasteiger charge is 2.30. The number of rotatable bonds is 6. The van der Waals surface area contributed by atoms with Crippen molar-refractivity contribution in [2.75, 3.05) is 26.3 Å². The third-order valence-electron chi connectivity index (χ3n) is 6.73. The van der Waals surface area contributed by atoms with Gasteiger partial charge in [-0.2, -0.15) is 0 Å². The fraction of sp³-hybridized carbons (Fsp3) is 0.462. The zero-order valence-corrected chi connectivity index (χ0v) is 19.9. The van der Waals surface area contributed by atoms with Crippen molar-refractivity contribution >= 4 is 23.4 Å². The van der Waals surface area contributed by atoms with Crippen LogP contribution in [0.3, 0.4) is 0 Å². The molecule has 6 nitrogen and oxygen atoms in total. The Labute approximate surface area is 203 Å². The number of carbonyl (C=O) groups is 2. The van der Waals surface area contributed by atoms with E-state index in [0.29, 0.717) is 48.0 Å². The summed E-state index contributed by atoms with van der Waals surface area (Å²) >= 11 is 6.64. The summed E-state index contributed by atoms with van der Waals surface area (Å²) < 4.78 is 26.3. The van der Waals surface area contributed by atoms with E-state index in [1.165, 1.54) is 12.1 Å². The van der Waals surface area contributed by atoms with E-state index in [1.54, 1.807) is 17.0 Å². The van der Waals surface area contributed by atoms with Crippen LogP contribution in [0, 0.1) is 12.7 Å². The summed E-state index contributed by atoms with van der Waals surface area (Å²) in [7, 11) is 0. The lowest BCUT2D eigenvalue weighted by Gasteiger charge is -2.23. The lowest BCUT2D eigenvalue weighted by Crippen LogP contribution is -2.38. The average molecular weight is 487 g/mol. The van der Waals surface area contributed by atoms with Crippen molar-refractivity contribution in [3.63, 3.8) is 0 Å². The summed E-state index contributed by atoms with van der Waals surface area (Å²) in [5.41, 5.74) is 2.76. The first-order valence-electron chi connectivity index (χ1n) is 11.9. The monoisotopic (exact) mass is 486 g/mol. The zero-order valence-electron chi connectivity index (χ0n) is 19.2. The van der Waals surface area contributed by atoms with E-state index >= 15 is 0 Å². The second-order valence-electron chi connectivity index (χ2n) is 9.32. The molecule has 2 aromatic carbocycles. The number of amides is 2. The number of halogens is 2. The van der Waals surface area contributed by atoms with Crippen LogP contribution in [-0.2, 0) is 11.2 Å². The minimum absolute atomic E-state index is 0.0423. The van der Waals surface area contributed by atoms with Gasteiger partial charge in [-0.05, 0) is 73.9 Å². The van der Waals surface area contributed by atoms with Crippen LogP contribution in [0.5, 0.6) is 5.75 Å². The normalized spacial score (nSPS) is 20.0. The predicted octanol–water partition coefficient (Wildman–Crippen LogP) is 4.28. The molecule has 0 radical (unpaired) electrons. The fourth-order valence-electron chi connectivity index (χ4n) is 4.56. The van der Waals surface area contributed by atoms with Gasteiger partial charge in [-0.15, -0.1) is 0 Å². The molecule has 0 bridgehead atoms. The molecule has 0 aromatic heterocycles. The van der Waals surface area contributed by atoms with Gasteiger partial charge in [0, 0.05) is 19.2 Å². The minimum Gasteiger partial charge on any atom is -0.489 e. The zero-order chi connectivity index (χ0) is 23.8. The predicted molar refractivity (Wildman–Crippen MR) is 126 cm³/mol. The van der Waals surface area contributed by atoms with Crippen molar-refractivity contribution in [3.8, 4) is 5.75 Å². The molecule has 2 heterocycles. The highest BCUT2D eigenvalue weighted by atomic mass is 35.5. The third-order valence-corrected chi connectivity index (χ3v) is 7.19. The maximum atomic E-state index is 14.7. The van der Waals surface area contributed by atoms with Crippen molar-refractivity contribution in [2.45, 2.75) is 51.2 Å². The quantitative estimate of drug-likeness (QED) is 0.661. The van der Waals surface area contributed by atoms with Gasteiger partial charge >= 0.3 is 0 Å². The summed E-state index contributed by atoms with van der Waals surface area (Å²) in [6, 6.07) is 6.60. The molecule has 1 saturated carbocycles. The lowest BCUT2D eigenvalue weighted by atomic mass is 9.96. The average Bonchev–Trinajstić information content (AvgIpc) is 3.50. The van der Waals surface area contributed by atoms with Crippen LogP contribution in [0.15, 0.2) is 24.3 Å². The van der Waals surface area contributed by atoms with Crippen LogP contribution in [-0.4, -0.2) is 55.2 Å². The number of hydrogen-bond acceptors (Lipinski definition) is 4. The van der Waals surface area contributed by atoms with Crippen LogP contribution >= 0.6 is 11.6 Å². The number of nitrogens with one attached hydrogen (secondary N) is 1. The fourth-order valence-corrected chi connectivity index (χ4v) is 4.84. The molecule has 2 amide bonds. The molecule has 8 heteroatoms. The number of fused-ring (bicyclic) bond motifs is 1. The Balaban J connectivity index is 1.39. The van der Waals surface area contributed by atoms with Gasteiger partial charge in [0.05, 0.1) is 28.8 Å². The van der Waals surface area contributed by atoms with Gasteiger partial charge in [0.1, 0.15) is 12.4 Å². The Morgan fingerprint density at radius 2 is 2.06 bits per heavy atom. The Morgan fingerprint density at radius 3 is 2.76 bits per heavy atom. The van der Waals surface area contributed by atoms with E-state index in [2.05, 4.69) is 5.32 Å². The molecule has 1 atom stereocenters. The van der Waals surface area contributed by atoms with E-state index in [-0.39, 0.29) is 29.5 Å². The first kappa shape index (κ1) is 23.1.